The predicted molar refractivity (Wildman–Crippen MR) is 85.1 cm³/mol. The molecule has 150 valence electrons. The van der Waals surface area contributed by atoms with Crippen molar-refractivity contribution in [1.29, 1.82) is 0 Å². The molecule has 11 heteroatoms. The van der Waals surface area contributed by atoms with Gasteiger partial charge in [0.15, 0.2) is 11.6 Å². The number of alkyl halides is 3. The minimum absolute atomic E-state index is 0.174. The monoisotopic (exact) mass is 394 g/mol. The summed E-state index contributed by atoms with van der Waals surface area (Å²) in [6.07, 6.45) is -5.80. The number of hydrogen-bond donors (Lipinski definition) is 3. The van der Waals surface area contributed by atoms with Gasteiger partial charge in [0, 0.05) is 5.56 Å². The Morgan fingerprint density at radius 3 is 2.44 bits per heavy atom. The molecule has 0 bridgehead atoms. The molecule has 0 spiro atoms. The summed E-state index contributed by atoms with van der Waals surface area (Å²) in [4.78, 5) is 25.7. The van der Waals surface area contributed by atoms with E-state index in [0.29, 0.717) is 6.07 Å². The second kappa shape index (κ2) is 7.77. The molecule has 1 saturated heterocycles. The average molecular weight is 394 g/mol. The number of carbonyl (C=O) groups is 2. The van der Waals surface area contributed by atoms with Crippen molar-refractivity contribution < 1.29 is 31.5 Å². The van der Waals surface area contributed by atoms with Crippen LogP contribution in [0, 0.1) is 11.6 Å². The minimum Gasteiger partial charge on any atom is -0.348 e. The first-order valence-corrected chi connectivity index (χ1v) is 7.99. The molecule has 1 heterocycles. The van der Waals surface area contributed by atoms with Crippen molar-refractivity contribution >= 4 is 11.8 Å². The molecule has 3 atom stereocenters. The summed E-state index contributed by atoms with van der Waals surface area (Å²) in [5, 5.41) is 7.85. The van der Waals surface area contributed by atoms with Gasteiger partial charge >= 0.3 is 6.18 Å². The van der Waals surface area contributed by atoms with E-state index in [0.717, 1.165) is 6.07 Å². The maximum absolute atomic E-state index is 14.1. The Morgan fingerprint density at radius 2 is 1.89 bits per heavy atom. The highest BCUT2D eigenvalue weighted by atomic mass is 19.4. The molecular weight excluding hydrogens is 375 g/mol. The number of hydrogen-bond acceptors (Lipinski definition) is 4. The SMILES string of the molecule is C[C@@H](NC(=O)C1CC(=O)NC(N(C)C)N1)c1ccc(C(F)(F)F)c(F)c1F. The molecule has 0 aliphatic carbocycles. The van der Waals surface area contributed by atoms with Crippen molar-refractivity contribution in [2.24, 2.45) is 0 Å². The summed E-state index contributed by atoms with van der Waals surface area (Å²) in [6, 6.07) is -0.851. The maximum Gasteiger partial charge on any atom is 0.419 e. The summed E-state index contributed by atoms with van der Waals surface area (Å²) < 4.78 is 65.7. The fraction of sp³-hybridized carbons (Fsp3) is 0.500. The van der Waals surface area contributed by atoms with E-state index >= 15 is 0 Å². The molecule has 1 fully saturated rings. The van der Waals surface area contributed by atoms with E-state index < -0.39 is 53.2 Å². The van der Waals surface area contributed by atoms with Gasteiger partial charge in [-0.2, -0.15) is 13.2 Å². The molecule has 0 radical (unpaired) electrons. The Balaban J connectivity index is 2.15. The van der Waals surface area contributed by atoms with E-state index in [1.54, 1.807) is 19.0 Å². The van der Waals surface area contributed by atoms with Crippen molar-refractivity contribution in [1.82, 2.24) is 20.9 Å². The molecule has 1 aliphatic rings. The van der Waals surface area contributed by atoms with Crippen LogP contribution < -0.4 is 16.0 Å². The van der Waals surface area contributed by atoms with Crippen LogP contribution in [0.3, 0.4) is 0 Å². The lowest BCUT2D eigenvalue weighted by atomic mass is 10.0. The fourth-order valence-corrected chi connectivity index (χ4v) is 2.64. The Morgan fingerprint density at radius 1 is 1.26 bits per heavy atom. The largest absolute Gasteiger partial charge is 0.419 e. The van der Waals surface area contributed by atoms with Crippen LogP contribution in [0.4, 0.5) is 22.0 Å². The summed E-state index contributed by atoms with van der Waals surface area (Å²) in [5.41, 5.74) is -2.15. The molecule has 2 amide bonds. The van der Waals surface area contributed by atoms with E-state index in [4.69, 9.17) is 0 Å². The van der Waals surface area contributed by atoms with E-state index in [1.807, 2.05) is 0 Å². The second-order valence-electron chi connectivity index (χ2n) is 6.42. The molecule has 0 saturated carbocycles. The van der Waals surface area contributed by atoms with Crippen LogP contribution in [0.25, 0.3) is 0 Å². The van der Waals surface area contributed by atoms with Crippen molar-refractivity contribution in [3.05, 3.63) is 34.9 Å². The molecule has 2 rings (SSSR count). The van der Waals surface area contributed by atoms with Gasteiger partial charge in [-0.05, 0) is 27.1 Å². The molecule has 1 aromatic carbocycles. The summed E-state index contributed by atoms with van der Waals surface area (Å²) in [6.45, 7) is 1.30. The van der Waals surface area contributed by atoms with Crippen LogP contribution in [0.15, 0.2) is 12.1 Å². The van der Waals surface area contributed by atoms with Gasteiger partial charge in [0.05, 0.1) is 24.1 Å². The minimum atomic E-state index is -5.03. The van der Waals surface area contributed by atoms with Gasteiger partial charge in [-0.3, -0.25) is 19.8 Å². The van der Waals surface area contributed by atoms with Crippen LogP contribution in [0.2, 0.25) is 0 Å². The number of amides is 2. The van der Waals surface area contributed by atoms with E-state index in [9.17, 15) is 31.5 Å². The molecule has 1 aromatic rings. The van der Waals surface area contributed by atoms with Crippen LogP contribution in [-0.2, 0) is 15.8 Å². The van der Waals surface area contributed by atoms with Gasteiger partial charge < -0.3 is 10.6 Å². The number of benzene rings is 1. The van der Waals surface area contributed by atoms with E-state index in [1.165, 1.54) is 6.92 Å². The van der Waals surface area contributed by atoms with E-state index in [-0.39, 0.29) is 12.3 Å². The van der Waals surface area contributed by atoms with Gasteiger partial charge in [0.2, 0.25) is 11.8 Å². The van der Waals surface area contributed by atoms with Crippen LogP contribution >= 0.6 is 0 Å². The molecular formula is C16H19F5N4O2. The number of halogens is 5. The van der Waals surface area contributed by atoms with Gasteiger partial charge in [0.1, 0.15) is 6.29 Å². The third kappa shape index (κ3) is 4.72. The topological polar surface area (TPSA) is 73.5 Å². The highest BCUT2D eigenvalue weighted by Gasteiger charge is 2.37. The summed E-state index contributed by atoms with van der Waals surface area (Å²) >= 11 is 0. The molecule has 0 aromatic heterocycles. The fourth-order valence-electron chi connectivity index (χ4n) is 2.64. The quantitative estimate of drug-likeness (QED) is 0.677. The molecule has 2 unspecified atom stereocenters. The highest BCUT2D eigenvalue weighted by molar-refractivity contribution is 5.89. The van der Waals surface area contributed by atoms with Gasteiger partial charge in [-0.1, -0.05) is 6.07 Å². The molecule has 1 aliphatic heterocycles. The lowest BCUT2D eigenvalue weighted by molar-refractivity contribution is -0.140. The zero-order chi connectivity index (χ0) is 20.5. The predicted octanol–water partition coefficient (Wildman–Crippen LogP) is 1.48. The van der Waals surface area contributed by atoms with Gasteiger partial charge in [0.25, 0.3) is 0 Å². The number of carbonyl (C=O) groups excluding carboxylic acids is 2. The molecule has 3 N–H and O–H groups in total. The highest BCUT2D eigenvalue weighted by Crippen LogP contribution is 2.34. The average Bonchev–Trinajstić information content (AvgIpc) is 2.55. The van der Waals surface area contributed by atoms with Crippen LogP contribution in [-0.4, -0.2) is 43.1 Å². The smallest absolute Gasteiger partial charge is 0.348 e. The number of nitrogens with zero attached hydrogens (tertiary/aromatic N) is 1. The Kier molecular flexibility index (Phi) is 6.05. The standard InChI is InChI=1S/C16H19F5N4O2/c1-7(8-4-5-9(16(19,20)21)13(18)12(8)17)22-14(27)10-6-11(26)24-15(23-10)25(2)3/h4-5,7,10,15,23H,6H2,1-3H3,(H,22,27)(H,24,26)/t7-,10?,15?/m1/s1. The van der Waals surface area contributed by atoms with Crippen molar-refractivity contribution in [3.63, 3.8) is 0 Å². The lowest BCUT2D eigenvalue weighted by Gasteiger charge is -2.35. The third-order valence-corrected chi connectivity index (χ3v) is 4.12. The first-order chi connectivity index (χ1) is 12.4. The maximum atomic E-state index is 14.1. The Hall–Kier alpha value is -2.27. The zero-order valence-corrected chi connectivity index (χ0v) is 14.7. The Labute approximate surface area is 152 Å². The summed E-state index contributed by atoms with van der Waals surface area (Å²) in [5.74, 6) is -4.75. The Bertz CT molecular complexity index is 738. The third-order valence-electron chi connectivity index (χ3n) is 4.12. The van der Waals surface area contributed by atoms with Gasteiger partial charge in [-0.15, -0.1) is 0 Å². The zero-order valence-electron chi connectivity index (χ0n) is 14.7. The van der Waals surface area contributed by atoms with Crippen LogP contribution in [0.1, 0.15) is 30.5 Å². The lowest BCUT2D eigenvalue weighted by Crippen LogP contribution is -2.65. The number of rotatable bonds is 4. The van der Waals surface area contributed by atoms with Crippen molar-refractivity contribution in [2.75, 3.05) is 14.1 Å². The first kappa shape index (κ1) is 21.0. The van der Waals surface area contributed by atoms with Gasteiger partial charge in [-0.25, -0.2) is 8.78 Å². The first-order valence-electron chi connectivity index (χ1n) is 7.99. The van der Waals surface area contributed by atoms with Crippen LogP contribution in [0.5, 0.6) is 0 Å². The second-order valence-corrected chi connectivity index (χ2v) is 6.42. The molecule has 27 heavy (non-hydrogen) atoms. The summed E-state index contributed by atoms with van der Waals surface area (Å²) in [7, 11) is 3.34. The molecule has 6 nitrogen and oxygen atoms in total. The van der Waals surface area contributed by atoms with Crippen molar-refractivity contribution in [3.8, 4) is 0 Å². The van der Waals surface area contributed by atoms with E-state index in [2.05, 4.69) is 16.0 Å². The normalized spacial score (nSPS) is 21.7. The van der Waals surface area contributed by atoms with Crippen molar-refractivity contribution in [2.45, 2.75) is 37.9 Å². The number of nitrogens with one attached hydrogen (secondary N) is 3.